The summed E-state index contributed by atoms with van der Waals surface area (Å²) in [5.41, 5.74) is 0.205. The van der Waals surface area contributed by atoms with E-state index in [1.807, 2.05) is 0 Å². The lowest BCUT2D eigenvalue weighted by Gasteiger charge is -2.18. The molecule has 0 bridgehead atoms. The highest BCUT2D eigenvalue weighted by Gasteiger charge is 2.24. The number of anilines is 1. The SMILES string of the molecule is Cc1ncc(C(=O)NC[C@H]2CCN(c3cnn(C)c(=O)c3)C2)c(=O)[nH]1. The quantitative estimate of drug-likeness (QED) is 0.768. The molecule has 132 valence electrons. The van der Waals surface area contributed by atoms with Crippen LogP contribution in [0.4, 0.5) is 5.69 Å². The van der Waals surface area contributed by atoms with Crippen LogP contribution in [0.25, 0.3) is 0 Å². The first kappa shape index (κ1) is 16.9. The highest BCUT2D eigenvalue weighted by atomic mass is 16.2. The van der Waals surface area contributed by atoms with Gasteiger partial charge in [0.2, 0.25) is 0 Å². The van der Waals surface area contributed by atoms with Gasteiger partial charge in [0.1, 0.15) is 11.4 Å². The van der Waals surface area contributed by atoms with Gasteiger partial charge in [-0.2, -0.15) is 5.10 Å². The van der Waals surface area contributed by atoms with Gasteiger partial charge in [-0.3, -0.25) is 14.4 Å². The molecule has 0 aromatic carbocycles. The molecule has 1 atom stereocenters. The third-order valence-corrected chi connectivity index (χ3v) is 4.33. The van der Waals surface area contributed by atoms with Crippen LogP contribution in [0.5, 0.6) is 0 Å². The zero-order valence-corrected chi connectivity index (χ0v) is 14.2. The van der Waals surface area contributed by atoms with Crippen molar-refractivity contribution >= 4 is 11.6 Å². The lowest BCUT2D eigenvalue weighted by atomic mass is 10.1. The van der Waals surface area contributed by atoms with E-state index in [4.69, 9.17) is 0 Å². The zero-order valence-electron chi connectivity index (χ0n) is 14.2. The van der Waals surface area contributed by atoms with Crippen molar-refractivity contribution in [2.24, 2.45) is 13.0 Å². The van der Waals surface area contributed by atoms with Crippen molar-refractivity contribution < 1.29 is 4.79 Å². The second-order valence-corrected chi connectivity index (χ2v) is 6.20. The Morgan fingerprint density at radius 2 is 2.20 bits per heavy atom. The normalized spacial score (nSPS) is 16.9. The van der Waals surface area contributed by atoms with Gasteiger partial charge < -0.3 is 15.2 Å². The van der Waals surface area contributed by atoms with Gasteiger partial charge >= 0.3 is 0 Å². The van der Waals surface area contributed by atoms with Crippen LogP contribution in [0, 0.1) is 12.8 Å². The van der Waals surface area contributed by atoms with Crippen LogP contribution in [0.3, 0.4) is 0 Å². The smallest absolute Gasteiger partial charge is 0.268 e. The van der Waals surface area contributed by atoms with E-state index < -0.39 is 11.5 Å². The van der Waals surface area contributed by atoms with Crippen LogP contribution in [0.2, 0.25) is 0 Å². The first-order valence-electron chi connectivity index (χ1n) is 8.06. The van der Waals surface area contributed by atoms with Crippen LogP contribution in [-0.4, -0.2) is 45.3 Å². The molecule has 3 rings (SSSR count). The topological polar surface area (TPSA) is 113 Å². The fourth-order valence-electron chi connectivity index (χ4n) is 2.84. The number of H-pyrrole nitrogens is 1. The summed E-state index contributed by atoms with van der Waals surface area (Å²) in [6, 6.07) is 1.56. The minimum absolute atomic E-state index is 0.0104. The molecular weight excluding hydrogens is 324 g/mol. The first-order chi connectivity index (χ1) is 11.9. The van der Waals surface area contributed by atoms with Gasteiger partial charge in [0, 0.05) is 38.9 Å². The summed E-state index contributed by atoms with van der Waals surface area (Å²) in [6.45, 7) is 3.63. The molecule has 2 aromatic heterocycles. The number of rotatable bonds is 4. The van der Waals surface area contributed by atoms with Gasteiger partial charge in [-0.15, -0.1) is 0 Å². The van der Waals surface area contributed by atoms with Gasteiger partial charge in [-0.25, -0.2) is 9.67 Å². The molecule has 3 heterocycles. The summed E-state index contributed by atoms with van der Waals surface area (Å²) in [7, 11) is 1.61. The Bertz CT molecular complexity index is 903. The lowest BCUT2D eigenvalue weighted by Crippen LogP contribution is -2.34. The predicted octanol–water partition coefficient (Wildman–Crippen LogP) is -0.572. The van der Waals surface area contributed by atoms with Crippen LogP contribution < -0.4 is 21.3 Å². The third kappa shape index (κ3) is 3.76. The number of carbonyl (C=O) groups is 1. The lowest BCUT2D eigenvalue weighted by molar-refractivity contribution is 0.0946. The first-order valence-corrected chi connectivity index (χ1v) is 8.06. The molecule has 1 fully saturated rings. The van der Waals surface area contributed by atoms with Crippen molar-refractivity contribution in [3.05, 3.63) is 50.6 Å². The molecule has 0 radical (unpaired) electrons. The molecule has 2 aromatic rings. The van der Waals surface area contributed by atoms with Crippen molar-refractivity contribution in [3.8, 4) is 0 Å². The Kier molecular flexibility index (Phi) is 4.64. The van der Waals surface area contributed by atoms with Crippen molar-refractivity contribution in [2.75, 3.05) is 24.5 Å². The molecule has 25 heavy (non-hydrogen) atoms. The third-order valence-electron chi connectivity index (χ3n) is 4.33. The van der Waals surface area contributed by atoms with Gasteiger partial charge in [0.15, 0.2) is 0 Å². The molecule has 2 N–H and O–H groups in total. The largest absolute Gasteiger partial charge is 0.370 e. The summed E-state index contributed by atoms with van der Waals surface area (Å²) in [4.78, 5) is 44.1. The molecule has 0 unspecified atom stereocenters. The number of aryl methyl sites for hydroxylation is 2. The molecule has 1 saturated heterocycles. The Labute approximate surface area is 143 Å². The number of carbonyl (C=O) groups excluding carboxylic acids is 1. The summed E-state index contributed by atoms with van der Waals surface area (Å²) in [5, 5.41) is 6.81. The van der Waals surface area contributed by atoms with Crippen molar-refractivity contribution in [2.45, 2.75) is 13.3 Å². The minimum Gasteiger partial charge on any atom is -0.370 e. The summed E-state index contributed by atoms with van der Waals surface area (Å²) < 4.78 is 1.28. The zero-order chi connectivity index (χ0) is 18.0. The highest BCUT2D eigenvalue weighted by Crippen LogP contribution is 2.21. The maximum Gasteiger partial charge on any atom is 0.268 e. The highest BCUT2D eigenvalue weighted by molar-refractivity contribution is 5.93. The Morgan fingerprint density at radius 1 is 1.40 bits per heavy atom. The number of nitrogens with one attached hydrogen (secondary N) is 2. The molecule has 1 amide bonds. The molecule has 0 saturated carbocycles. The number of hydrogen-bond donors (Lipinski definition) is 2. The summed E-state index contributed by atoms with van der Waals surface area (Å²) >= 11 is 0. The molecule has 0 spiro atoms. The Balaban J connectivity index is 1.58. The monoisotopic (exact) mass is 344 g/mol. The second kappa shape index (κ2) is 6.88. The Morgan fingerprint density at radius 3 is 2.92 bits per heavy atom. The van der Waals surface area contributed by atoms with E-state index >= 15 is 0 Å². The minimum atomic E-state index is -0.441. The Hall–Kier alpha value is -2.97. The second-order valence-electron chi connectivity index (χ2n) is 6.20. The van der Waals surface area contributed by atoms with Crippen LogP contribution in [0.15, 0.2) is 28.0 Å². The van der Waals surface area contributed by atoms with Gasteiger partial charge in [0.25, 0.3) is 17.0 Å². The standard InChI is InChI=1S/C16H20N6O3/c1-10-17-8-13(16(25)20-10)15(24)18-6-11-3-4-22(9-11)12-5-14(23)21(2)19-7-12/h5,7-8,11H,3-4,6,9H2,1-2H3,(H,18,24)(H,17,20,25)/t11-/m1/s1. The fourth-order valence-corrected chi connectivity index (χ4v) is 2.84. The summed E-state index contributed by atoms with van der Waals surface area (Å²) in [6.07, 6.45) is 3.84. The van der Waals surface area contributed by atoms with E-state index in [9.17, 15) is 14.4 Å². The van der Waals surface area contributed by atoms with Gasteiger partial charge in [0.05, 0.1) is 11.9 Å². The van der Waals surface area contributed by atoms with E-state index in [0.29, 0.717) is 12.4 Å². The molecule has 9 nitrogen and oxygen atoms in total. The van der Waals surface area contributed by atoms with Gasteiger partial charge in [-0.1, -0.05) is 0 Å². The molecule has 0 aliphatic carbocycles. The number of aromatic nitrogens is 4. The number of nitrogens with zero attached hydrogens (tertiary/aromatic N) is 4. The average molecular weight is 344 g/mol. The van der Waals surface area contributed by atoms with E-state index in [1.54, 1.807) is 26.2 Å². The number of hydrogen-bond acceptors (Lipinski definition) is 6. The van der Waals surface area contributed by atoms with Crippen molar-refractivity contribution in [3.63, 3.8) is 0 Å². The maximum absolute atomic E-state index is 12.1. The number of aromatic amines is 1. The van der Waals surface area contributed by atoms with Crippen LogP contribution in [-0.2, 0) is 7.05 Å². The molecular formula is C16H20N6O3. The van der Waals surface area contributed by atoms with E-state index in [1.165, 1.54) is 10.9 Å². The molecule has 1 aliphatic rings. The fraction of sp³-hybridized carbons (Fsp3) is 0.438. The van der Waals surface area contributed by atoms with Gasteiger partial charge in [-0.05, 0) is 19.3 Å². The van der Waals surface area contributed by atoms with E-state index in [2.05, 4.69) is 25.3 Å². The maximum atomic E-state index is 12.1. The van der Waals surface area contributed by atoms with Crippen LogP contribution in [0.1, 0.15) is 22.6 Å². The van der Waals surface area contributed by atoms with E-state index in [-0.39, 0.29) is 17.0 Å². The van der Waals surface area contributed by atoms with E-state index in [0.717, 1.165) is 25.2 Å². The predicted molar refractivity (Wildman–Crippen MR) is 91.7 cm³/mol. The number of amides is 1. The summed E-state index contributed by atoms with van der Waals surface area (Å²) in [5.74, 6) is 0.281. The average Bonchev–Trinajstić information content (AvgIpc) is 3.04. The van der Waals surface area contributed by atoms with Crippen LogP contribution >= 0.6 is 0 Å². The molecule has 9 heteroatoms. The van der Waals surface area contributed by atoms with Crippen molar-refractivity contribution in [1.29, 1.82) is 0 Å². The van der Waals surface area contributed by atoms with Crippen molar-refractivity contribution in [1.82, 2.24) is 25.1 Å². The molecule has 1 aliphatic heterocycles.